The van der Waals surface area contributed by atoms with Gasteiger partial charge < -0.3 is 23.4 Å². The van der Waals surface area contributed by atoms with Gasteiger partial charge in [0.15, 0.2) is 8.32 Å². The van der Waals surface area contributed by atoms with Crippen molar-refractivity contribution in [2.75, 3.05) is 26.4 Å². The Kier molecular flexibility index (Phi) is 6.77. The molecule has 27 heavy (non-hydrogen) atoms. The van der Waals surface area contributed by atoms with Crippen LogP contribution >= 0.6 is 0 Å². The number of hydrogen-bond acceptors (Lipinski definition) is 5. The number of benzene rings is 1. The molecule has 0 unspecified atom stereocenters. The molecule has 5 nitrogen and oxygen atoms in total. The van der Waals surface area contributed by atoms with Gasteiger partial charge in [0.05, 0.1) is 33.0 Å². The smallest absolute Gasteiger partial charge is 0.192 e. The molecule has 3 rings (SSSR count). The van der Waals surface area contributed by atoms with Crippen LogP contribution in [-0.2, 0) is 30.0 Å². The molecule has 0 aromatic heterocycles. The Morgan fingerprint density at radius 2 is 1.52 bits per heavy atom. The lowest BCUT2D eigenvalue weighted by atomic mass is 10.1. The molecular formula is C21H34O5Si. The molecule has 4 atom stereocenters. The van der Waals surface area contributed by atoms with Gasteiger partial charge in [-0.25, -0.2) is 0 Å². The van der Waals surface area contributed by atoms with E-state index < -0.39 is 8.32 Å². The van der Waals surface area contributed by atoms with E-state index in [2.05, 4.69) is 46.0 Å². The van der Waals surface area contributed by atoms with Crippen molar-refractivity contribution in [2.24, 2.45) is 0 Å². The van der Waals surface area contributed by atoms with Gasteiger partial charge in [0.2, 0.25) is 0 Å². The first-order chi connectivity index (χ1) is 12.8. The second-order valence-electron chi connectivity index (χ2n) is 8.95. The molecule has 0 spiro atoms. The fourth-order valence-electron chi connectivity index (χ4n) is 3.21. The highest BCUT2D eigenvalue weighted by atomic mass is 28.4. The van der Waals surface area contributed by atoms with Gasteiger partial charge in [-0.05, 0) is 23.7 Å². The molecule has 0 bridgehead atoms. The molecule has 2 aliphatic heterocycles. The van der Waals surface area contributed by atoms with Crippen LogP contribution in [0.5, 0.6) is 0 Å². The van der Waals surface area contributed by atoms with Crippen molar-refractivity contribution >= 4 is 8.32 Å². The lowest BCUT2D eigenvalue weighted by Gasteiger charge is -2.36. The summed E-state index contributed by atoms with van der Waals surface area (Å²) in [4.78, 5) is 0. The van der Waals surface area contributed by atoms with Crippen LogP contribution in [0, 0.1) is 0 Å². The summed E-state index contributed by atoms with van der Waals surface area (Å²) in [5.41, 5.74) is 1.16. The number of ether oxygens (including phenoxy) is 4. The standard InChI is InChI=1S/C21H34O5Si/c1-21(2,3)27(4,5)26-12-11-22-17-14-24-20-18(15-25-19(17)20)23-13-16-9-7-6-8-10-16/h6-10,17-20H,11-15H2,1-5H3/t17-,18+,19-,20-/m1/s1. The zero-order chi connectivity index (χ0) is 19.5. The predicted molar refractivity (Wildman–Crippen MR) is 107 cm³/mol. The molecule has 0 N–H and O–H groups in total. The fraction of sp³-hybridized carbons (Fsp3) is 0.714. The average molecular weight is 395 g/mol. The van der Waals surface area contributed by atoms with Gasteiger partial charge in [0.25, 0.3) is 0 Å². The van der Waals surface area contributed by atoms with E-state index in [0.29, 0.717) is 33.0 Å². The summed E-state index contributed by atoms with van der Waals surface area (Å²) < 4.78 is 30.1. The number of hydrogen-bond donors (Lipinski definition) is 0. The van der Waals surface area contributed by atoms with E-state index in [0.717, 1.165) is 5.56 Å². The van der Waals surface area contributed by atoms with Gasteiger partial charge in [-0.2, -0.15) is 0 Å². The first kappa shape index (κ1) is 21.0. The zero-order valence-corrected chi connectivity index (χ0v) is 18.3. The largest absolute Gasteiger partial charge is 0.414 e. The first-order valence-corrected chi connectivity index (χ1v) is 12.8. The van der Waals surface area contributed by atoms with Crippen LogP contribution in [0.15, 0.2) is 30.3 Å². The molecule has 0 saturated carbocycles. The van der Waals surface area contributed by atoms with E-state index >= 15 is 0 Å². The minimum Gasteiger partial charge on any atom is -0.414 e. The highest BCUT2D eigenvalue weighted by Crippen LogP contribution is 2.36. The third-order valence-electron chi connectivity index (χ3n) is 5.95. The summed E-state index contributed by atoms with van der Waals surface area (Å²) in [6, 6.07) is 10.2. The van der Waals surface area contributed by atoms with E-state index in [4.69, 9.17) is 23.4 Å². The highest BCUT2D eigenvalue weighted by Gasteiger charge is 2.49. The van der Waals surface area contributed by atoms with Crippen molar-refractivity contribution in [3.05, 3.63) is 35.9 Å². The summed E-state index contributed by atoms with van der Waals surface area (Å²) in [5, 5.41) is 0.215. The van der Waals surface area contributed by atoms with Crippen molar-refractivity contribution in [1.82, 2.24) is 0 Å². The Labute approximate surface area is 164 Å². The van der Waals surface area contributed by atoms with E-state index in [9.17, 15) is 0 Å². The van der Waals surface area contributed by atoms with E-state index in [1.165, 1.54) is 0 Å². The minimum atomic E-state index is -1.72. The maximum absolute atomic E-state index is 6.18. The zero-order valence-electron chi connectivity index (χ0n) is 17.3. The van der Waals surface area contributed by atoms with Crippen LogP contribution in [0.1, 0.15) is 26.3 Å². The highest BCUT2D eigenvalue weighted by molar-refractivity contribution is 6.74. The molecule has 0 amide bonds. The van der Waals surface area contributed by atoms with E-state index in [1.807, 2.05) is 18.2 Å². The first-order valence-electron chi connectivity index (χ1n) is 9.92. The van der Waals surface area contributed by atoms with Gasteiger partial charge in [-0.3, -0.25) is 0 Å². The third-order valence-corrected chi connectivity index (χ3v) is 10.5. The molecule has 0 aliphatic carbocycles. The molecule has 2 aliphatic rings. The second-order valence-corrected chi connectivity index (χ2v) is 13.8. The van der Waals surface area contributed by atoms with Crippen LogP contribution in [-0.4, -0.2) is 59.2 Å². The number of fused-ring (bicyclic) bond motifs is 1. The van der Waals surface area contributed by atoms with Crippen molar-refractivity contribution in [3.8, 4) is 0 Å². The number of rotatable bonds is 8. The Morgan fingerprint density at radius 3 is 2.11 bits per heavy atom. The lowest BCUT2D eigenvalue weighted by molar-refractivity contribution is -0.0579. The van der Waals surface area contributed by atoms with Gasteiger partial charge in [-0.15, -0.1) is 0 Å². The Bertz CT molecular complexity index is 586. The molecule has 2 heterocycles. The molecule has 2 fully saturated rings. The molecule has 2 saturated heterocycles. The van der Waals surface area contributed by atoms with Crippen molar-refractivity contribution in [1.29, 1.82) is 0 Å². The Balaban J connectivity index is 1.40. The van der Waals surface area contributed by atoms with E-state index in [1.54, 1.807) is 0 Å². The molecule has 6 heteroatoms. The summed E-state index contributed by atoms with van der Waals surface area (Å²) in [6.45, 7) is 14.1. The Hall–Kier alpha value is -0.763. The SMILES string of the molecule is CC(C)(C)[Si](C)(C)OCCO[C@@H]1CO[C@H]2[C@@H]1OC[C@@H]2OCc1ccccc1. The molecule has 152 valence electrons. The molecular weight excluding hydrogens is 360 g/mol. The Morgan fingerprint density at radius 1 is 0.926 bits per heavy atom. The second kappa shape index (κ2) is 8.72. The van der Waals surface area contributed by atoms with Gasteiger partial charge in [0.1, 0.15) is 24.4 Å². The summed E-state index contributed by atoms with van der Waals surface area (Å²) in [5.74, 6) is 0. The fourth-order valence-corrected chi connectivity index (χ4v) is 4.23. The maximum atomic E-state index is 6.18. The summed E-state index contributed by atoms with van der Waals surface area (Å²) >= 11 is 0. The van der Waals surface area contributed by atoms with Crippen molar-refractivity contribution < 1.29 is 23.4 Å². The molecule has 1 aromatic rings. The molecule has 0 radical (unpaired) electrons. The van der Waals surface area contributed by atoms with Crippen LogP contribution in [0.25, 0.3) is 0 Å². The quantitative estimate of drug-likeness (QED) is 0.496. The molecule has 1 aromatic carbocycles. The van der Waals surface area contributed by atoms with Crippen LogP contribution in [0.2, 0.25) is 18.1 Å². The van der Waals surface area contributed by atoms with Crippen molar-refractivity contribution in [2.45, 2.75) is 69.9 Å². The normalized spacial score (nSPS) is 28.5. The van der Waals surface area contributed by atoms with E-state index in [-0.39, 0.29) is 29.5 Å². The predicted octanol–water partition coefficient (Wildman–Crippen LogP) is 3.78. The lowest BCUT2D eigenvalue weighted by Crippen LogP contribution is -2.42. The van der Waals surface area contributed by atoms with Crippen molar-refractivity contribution in [3.63, 3.8) is 0 Å². The summed E-state index contributed by atoms with van der Waals surface area (Å²) in [6.07, 6.45) is -0.158. The third kappa shape index (κ3) is 5.19. The summed E-state index contributed by atoms with van der Waals surface area (Å²) in [7, 11) is -1.72. The minimum absolute atomic E-state index is 0.0349. The monoisotopic (exact) mass is 394 g/mol. The van der Waals surface area contributed by atoms with Crippen LogP contribution in [0.3, 0.4) is 0 Å². The maximum Gasteiger partial charge on any atom is 0.192 e. The topological polar surface area (TPSA) is 46.2 Å². The van der Waals surface area contributed by atoms with Crippen LogP contribution in [0.4, 0.5) is 0 Å². The van der Waals surface area contributed by atoms with Gasteiger partial charge >= 0.3 is 0 Å². The van der Waals surface area contributed by atoms with Gasteiger partial charge in [-0.1, -0.05) is 51.1 Å². The van der Waals surface area contributed by atoms with Gasteiger partial charge in [0, 0.05) is 0 Å². The average Bonchev–Trinajstić information content (AvgIpc) is 3.19. The van der Waals surface area contributed by atoms with Crippen LogP contribution < -0.4 is 0 Å².